The van der Waals surface area contributed by atoms with Crippen LogP contribution in [-0.2, 0) is 19.7 Å². The lowest BCUT2D eigenvalue weighted by Gasteiger charge is -2.25. The molecule has 1 atom stereocenters. The van der Waals surface area contributed by atoms with Gasteiger partial charge < -0.3 is 4.98 Å². The van der Waals surface area contributed by atoms with Crippen LogP contribution in [0.3, 0.4) is 0 Å². The van der Waals surface area contributed by atoms with Crippen molar-refractivity contribution in [2.24, 2.45) is 0 Å². The number of sulfone groups is 2. The first-order chi connectivity index (χ1) is 10.9. The summed E-state index contributed by atoms with van der Waals surface area (Å²) < 4.78 is 50.8. The molecule has 2 aromatic carbocycles. The zero-order valence-corrected chi connectivity index (χ0v) is 13.6. The molecule has 0 radical (unpaired) electrons. The number of H-pyrrole nitrogens is 1. The lowest BCUT2D eigenvalue weighted by molar-refractivity contribution is 0.563. The topological polar surface area (TPSA) is 84.1 Å². The van der Waals surface area contributed by atoms with Gasteiger partial charge in [0.25, 0.3) is 0 Å². The molecule has 2 heterocycles. The van der Waals surface area contributed by atoms with E-state index in [1.807, 2.05) is 6.07 Å². The molecular weight excluding hydrogens is 334 g/mol. The Hall–Kier alpha value is -2.12. The van der Waals surface area contributed by atoms with E-state index in [0.717, 1.165) is 10.9 Å². The molecule has 0 amide bonds. The van der Waals surface area contributed by atoms with E-state index in [4.69, 9.17) is 0 Å². The van der Waals surface area contributed by atoms with Gasteiger partial charge in [-0.15, -0.1) is 0 Å². The lowest BCUT2D eigenvalue weighted by atomic mass is 10.1. The van der Waals surface area contributed by atoms with Crippen LogP contribution < -0.4 is 0 Å². The van der Waals surface area contributed by atoms with Crippen molar-refractivity contribution in [3.63, 3.8) is 0 Å². The Balaban J connectivity index is 1.96. The van der Waals surface area contributed by atoms with Crippen LogP contribution in [0.1, 0.15) is 10.8 Å². The summed E-state index contributed by atoms with van der Waals surface area (Å²) in [7, 11) is -7.39. The van der Waals surface area contributed by atoms with Crippen molar-refractivity contribution in [1.29, 1.82) is 0 Å². The third kappa shape index (κ3) is 2.11. The predicted molar refractivity (Wildman–Crippen MR) is 86.7 cm³/mol. The molecule has 7 heteroatoms. The highest BCUT2D eigenvalue weighted by Crippen LogP contribution is 2.40. The summed E-state index contributed by atoms with van der Waals surface area (Å²) in [6.07, 6.45) is 1.76. The molecule has 23 heavy (non-hydrogen) atoms. The van der Waals surface area contributed by atoms with Crippen molar-refractivity contribution in [2.75, 3.05) is 5.75 Å². The van der Waals surface area contributed by atoms with Crippen LogP contribution >= 0.6 is 0 Å². The maximum atomic E-state index is 12.9. The van der Waals surface area contributed by atoms with Gasteiger partial charge in [0.2, 0.25) is 0 Å². The Morgan fingerprint density at radius 2 is 1.65 bits per heavy atom. The molecule has 1 aliphatic rings. The number of hydrogen-bond acceptors (Lipinski definition) is 4. The summed E-state index contributed by atoms with van der Waals surface area (Å²) in [6, 6.07) is 12.8. The van der Waals surface area contributed by atoms with E-state index in [2.05, 4.69) is 4.98 Å². The Kier molecular flexibility index (Phi) is 2.95. The molecule has 118 valence electrons. The molecule has 0 aliphatic carbocycles. The second-order valence-corrected chi connectivity index (χ2v) is 9.69. The molecule has 1 N–H and O–H groups in total. The van der Waals surface area contributed by atoms with E-state index in [-0.39, 0.29) is 9.79 Å². The first-order valence-electron chi connectivity index (χ1n) is 7.02. The number of rotatable bonds is 1. The Morgan fingerprint density at radius 1 is 0.913 bits per heavy atom. The summed E-state index contributed by atoms with van der Waals surface area (Å²) in [5.41, 5.74) is 1.38. The number of benzene rings is 2. The minimum absolute atomic E-state index is 0.0982. The Morgan fingerprint density at radius 3 is 2.43 bits per heavy atom. The molecule has 1 aliphatic heterocycles. The van der Waals surface area contributed by atoms with Gasteiger partial charge in [-0.1, -0.05) is 18.2 Å². The molecule has 1 aromatic heterocycles. The molecule has 1 unspecified atom stereocenters. The molecule has 4 rings (SSSR count). The number of nitrogens with one attached hydrogen (secondary N) is 1. The first-order valence-corrected chi connectivity index (χ1v) is 10.2. The van der Waals surface area contributed by atoms with E-state index in [1.165, 1.54) is 18.2 Å². The van der Waals surface area contributed by atoms with Crippen LogP contribution in [0.5, 0.6) is 0 Å². The monoisotopic (exact) mass is 347 g/mol. The molecule has 3 aromatic rings. The maximum Gasteiger partial charge on any atom is 0.187 e. The molecule has 0 bridgehead atoms. The fourth-order valence-corrected chi connectivity index (χ4v) is 7.86. The van der Waals surface area contributed by atoms with Crippen molar-refractivity contribution in [2.45, 2.75) is 15.0 Å². The Labute approximate surface area is 133 Å². The zero-order valence-electron chi connectivity index (χ0n) is 11.9. The van der Waals surface area contributed by atoms with Gasteiger partial charge in [0.05, 0.1) is 15.5 Å². The van der Waals surface area contributed by atoms with Crippen LogP contribution in [0.4, 0.5) is 0 Å². The fraction of sp³-hybridized carbons (Fsp3) is 0.125. The second-order valence-electron chi connectivity index (χ2n) is 5.59. The average molecular weight is 347 g/mol. The van der Waals surface area contributed by atoms with Gasteiger partial charge in [-0.2, -0.15) is 0 Å². The zero-order chi connectivity index (χ0) is 16.2. The first kappa shape index (κ1) is 14.5. The molecule has 0 fully saturated rings. The molecule has 0 saturated carbocycles. The van der Waals surface area contributed by atoms with Crippen LogP contribution in [0.25, 0.3) is 10.9 Å². The minimum atomic E-state index is -3.75. The summed E-state index contributed by atoms with van der Waals surface area (Å²) in [5, 5.41) is -0.226. The number of fused-ring (bicyclic) bond motifs is 2. The van der Waals surface area contributed by atoms with Gasteiger partial charge >= 0.3 is 0 Å². The summed E-state index contributed by atoms with van der Waals surface area (Å²) >= 11 is 0. The molecule has 0 saturated heterocycles. The smallest absolute Gasteiger partial charge is 0.187 e. The number of hydrogen-bond donors (Lipinski definition) is 1. The second kappa shape index (κ2) is 4.69. The van der Waals surface area contributed by atoms with Gasteiger partial charge in [-0.05, 0) is 41.3 Å². The minimum Gasteiger partial charge on any atom is -0.361 e. The largest absolute Gasteiger partial charge is 0.361 e. The van der Waals surface area contributed by atoms with Gasteiger partial charge in [0.1, 0.15) is 5.25 Å². The predicted octanol–water partition coefficient (Wildman–Crippen LogP) is 2.47. The summed E-state index contributed by atoms with van der Waals surface area (Å²) in [5.74, 6) is -0.428. The summed E-state index contributed by atoms with van der Waals surface area (Å²) in [6.45, 7) is 0. The van der Waals surface area contributed by atoms with Gasteiger partial charge in [0, 0.05) is 11.7 Å². The van der Waals surface area contributed by atoms with Gasteiger partial charge in [-0.25, -0.2) is 16.8 Å². The van der Waals surface area contributed by atoms with Crippen LogP contribution in [0.15, 0.2) is 64.5 Å². The van der Waals surface area contributed by atoms with Crippen molar-refractivity contribution >= 4 is 30.6 Å². The van der Waals surface area contributed by atoms with Crippen molar-refractivity contribution in [3.8, 4) is 0 Å². The molecule has 5 nitrogen and oxygen atoms in total. The van der Waals surface area contributed by atoms with Crippen LogP contribution in [0.2, 0.25) is 0 Å². The van der Waals surface area contributed by atoms with Crippen molar-refractivity contribution in [3.05, 3.63) is 60.3 Å². The van der Waals surface area contributed by atoms with Gasteiger partial charge in [-0.3, -0.25) is 0 Å². The Bertz CT molecular complexity index is 1130. The highest BCUT2D eigenvalue weighted by molar-refractivity contribution is 7.98. The maximum absolute atomic E-state index is 12.9. The molecular formula is C16H13NO4S2. The highest BCUT2D eigenvalue weighted by Gasteiger charge is 2.42. The normalized spacial score (nSPS) is 21.8. The lowest BCUT2D eigenvalue weighted by Crippen LogP contribution is -2.29. The van der Waals surface area contributed by atoms with Crippen molar-refractivity contribution in [1.82, 2.24) is 4.98 Å². The van der Waals surface area contributed by atoms with E-state index >= 15 is 0 Å². The third-order valence-corrected chi connectivity index (χ3v) is 8.48. The van der Waals surface area contributed by atoms with E-state index in [9.17, 15) is 16.8 Å². The van der Waals surface area contributed by atoms with Crippen LogP contribution in [0, 0.1) is 0 Å². The van der Waals surface area contributed by atoms with Gasteiger partial charge in [0.15, 0.2) is 19.7 Å². The van der Waals surface area contributed by atoms with Crippen molar-refractivity contribution < 1.29 is 16.8 Å². The standard InChI is InChI=1S/C16H13NO4S2/c18-22(19)10-16(12-5-6-13-11(9-12)7-8-17-13)23(20,21)15-4-2-1-3-14(15)22/h1-9,16-17H,10H2. The van der Waals surface area contributed by atoms with E-state index < -0.39 is 30.7 Å². The highest BCUT2D eigenvalue weighted by atomic mass is 32.2. The third-order valence-electron chi connectivity index (χ3n) is 4.19. The number of aromatic nitrogens is 1. The SMILES string of the molecule is O=S1(=O)CC(c2ccc3[nH]ccc3c2)S(=O)(=O)c2ccccc21. The quantitative estimate of drug-likeness (QED) is 0.733. The average Bonchev–Trinajstić information content (AvgIpc) is 2.99. The van der Waals surface area contributed by atoms with E-state index in [0.29, 0.717) is 5.56 Å². The number of aromatic amines is 1. The van der Waals surface area contributed by atoms with E-state index in [1.54, 1.807) is 30.5 Å². The molecule has 0 spiro atoms. The fourth-order valence-electron chi connectivity index (χ4n) is 3.02. The summed E-state index contributed by atoms with van der Waals surface area (Å²) in [4.78, 5) is 2.83. The van der Waals surface area contributed by atoms with Crippen LogP contribution in [-0.4, -0.2) is 27.6 Å².